The number of para-hydroxylation sites is 1. The van der Waals surface area contributed by atoms with Gasteiger partial charge >= 0.3 is 0 Å². The van der Waals surface area contributed by atoms with E-state index in [9.17, 15) is 4.79 Å². The number of likely N-dealkylation sites (tertiary alicyclic amines) is 1. The van der Waals surface area contributed by atoms with Crippen molar-refractivity contribution in [3.63, 3.8) is 0 Å². The summed E-state index contributed by atoms with van der Waals surface area (Å²) in [6, 6.07) is 17.0. The molecule has 144 valence electrons. The van der Waals surface area contributed by atoms with Gasteiger partial charge in [0.15, 0.2) is 0 Å². The van der Waals surface area contributed by atoms with Gasteiger partial charge in [0.25, 0.3) is 5.91 Å². The summed E-state index contributed by atoms with van der Waals surface area (Å²) in [5.41, 5.74) is 0.665. The number of piperidine rings is 1. The molecule has 0 aliphatic carbocycles. The predicted molar refractivity (Wildman–Crippen MR) is 104 cm³/mol. The Morgan fingerprint density at radius 1 is 1.00 bits per heavy atom. The summed E-state index contributed by atoms with van der Waals surface area (Å²) in [6.07, 6.45) is 1.94. The van der Waals surface area contributed by atoms with Gasteiger partial charge in [0.2, 0.25) is 0 Å². The molecule has 0 spiro atoms. The number of benzene rings is 2. The zero-order valence-electron chi connectivity index (χ0n) is 15.8. The lowest BCUT2D eigenvalue weighted by Crippen LogP contribution is -2.39. The van der Waals surface area contributed by atoms with Crippen molar-refractivity contribution in [2.75, 3.05) is 40.0 Å². The molecule has 0 aromatic heterocycles. The van der Waals surface area contributed by atoms with Crippen LogP contribution in [0, 0.1) is 5.92 Å². The summed E-state index contributed by atoms with van der Waals surface area (Å²) < 4.78 is 16.4. The van der Waals surface area contributed by atoms with Crippen LogP contribution in [0.3, 0.4) is 0 Å². The van der Waals surface area contributed by atoms with Crippen molar-refractivity contribution in [3.8, 4) is 11.5 Å². The maximum atomic E-state index is 12.8. The van der Waals surface area contributed by atoms with Crippen LogP contribution in [0.25, 0.3) is 0 Å². The van der Waals surface area contributed by atoms with Gasteiger partial charge < -0.3 is 19.1 Å². The van der Waals surface area contributed by atoms with Crippen molar-refractivity contribution >= 4 is 5.91 Å². The Morgan fingerprint density at radius 2 is 1.74 bits per heavy atom. The van der Waals surface area contributed by atoms with Gasteiger partial charge in [-0.2, -0.15) is 0 Å². The molecule has 2 aromatic carbocycles. The van der Waals surface area contributed by atoms with Gasteiger partial charge in [-0.1, -0.05) is 24.3 Å². The fraction of sp³-hybridized carbons (Fsp3) is 0.409. The second-order valence-electron chi connectivity index (χ2n) is 6.75. The third-order valence-corrected chi connectivity index (χ3v) is 4.75. The minimum Gasteiger partial charge on any atom is -0.457 e. The van der Waals surface area contributed by atoms with Crippen LogP contribution in [0.5, 0.6) is 11.5 Å². The molecule has 0 bridgehead atoms. The van der Waals surface area contributed by atoms with Gasteiger partial charge in [-0.3, -0.25) is 4.79 Å². The minimum atomic E-state index is 0.0623. The summed E-state index contributed by atoms with van der Waals surface area (Å²) in [5.74, 6) is 2.01. The lowest BCUT2D eigenvalue weighted by molar-refractivity contribution is 0.0327. The zero-order valence-corrected chi connectivity index (χ0v) is 15.8. The highest BCUT2D eigenvalue weighted by Crippen LogP contribution is 2.24. The van der Waals surface area contributed by atoms with Gasteiger partial charge in [-0.15, -0.1) is 0 Å². The number of nitrogens with zero attached hydrogens (tertiary/aromatic N) is 1. The molecule has 0 N–H and O–H groups in total. The Hall–Kier alpha value is -2.37. The average Bonchev–Trinajstić information content (AvgIpc) is 2.72. The monoisotopic (exact) mass is 369 g/mol. The van der Waals surface area contributed by atoms with E-state index in [1.54, 1.807) is 7.11 Å². The van der Waals surface area contributed by atoms with E-state index in [0.29, 0.717) is 30.4 Å². The SMILES string of the molecule is COCCOCC1CCN(C(=O)c2cccc(Oc3ccccc3)c2)CC1. The van der Waals surface area contributed by atoms with E-state index in [0.717, 1.165) is 38.3 Å². The molecule has 1 aliphatic rings. The minimum absolute atomic E-state index is 0.0623. The highest BCUT2D eigenvalue weighted by molar-refractivity contribution is 5.94. The first-order valence-electron chi connectivity index (χ1n) is 9.45. The van der Waals surface area contributed by atoms with Crippen LogP contribution in [-0.4, -0.2) is 50.8 Å². The Kier molecular flexibility index (Phi) is 7.25. The molecule has 3 rings (SSSR count). The molecule has 1 amide bonds. The maximum absolute atomic E-state index is 12.8. The van der Waals surface area contributed by atoms with Crippen LogP contribution in [-0.2, 0) is 9.47 Å². The van der Waals surface area contributed by atoms with Crippen LogP contribution >= 0.6 is 0 Å². The number of carbonyl (C=O) groups is 1. The van der Waals surface area contributed by atoms with E-state index in [-0.39, 0.29) is 5.91 Å². The predicted octanol–water partition coefficient (Wildman–Crippen LogP) is 3.99. The van der Waals surface area contributed by atoms with Crippen molar-refractivity contribution < 1.29 is 19.0 Å². The van der Waals surface area contributed by atoms with Gasteiger partial charge in [0.1, 0.15) is 11.5 Å². The molecule has 5 heteroatoms. The number of rotatable bonds is 8. The smallest absolute Gasteiger partial charge is 0.253 e. The first-order valence-corrected chi connectivity index (χ1v) is 9.45. The fourth-order valence-corrected chi connectivity index (χ4v) is 3.19. The standard InChI is InChI=1S/C22H27NO4/c1-25-14-15-26-17-18-10-12-23(13-11-18)22(24)19-6-5-9-21(16-19)27-20-7-3-2-4-8-20/h2-9,16,18H,10-15,17H2,1H3. The highest BCUT2D eigenvalue weighted by atomic mass is 16.5. The van der Waals surface area contributed by atoms with Crippen LogP contribution in [0.4, 0.5) is 0 Å². The Morgan fingerprint density at radius 3 is 2.48 bits per heavy atom. The van der Waals surface area contributed by atoms with Crippen molar-refractivity contribution in [2.24, 2.45) is 5.92 Å². The molecule has 27 heavy (non-hydrogen) atoms. The summed E-state index contributed by atoms with van der Waals surface area (Å²) in [5, 5.41) is 0. The first-order chi connectivity index (χ1) is 13.3. The van der Waals surface area contributed by atoms with E-state index in [1.165, 1.54) is 0 Å². The van der Waals surface area contributed by atoms with Crippen molar-refractivity contribution in [1.82, 2.24) is 4.90 Å². The lowest BCUT2D eigenvalue weighted by atomic mass is 9.97. The third-order valence-electron chi connectivity index (χ3n) is 4.75. The second kappa shape index (κ2) is 10.1. The molecule has 1 heterocycles. The van der Waals surface area contributed by atoms with E-state index in [2.05, 4.69) is 0 Å². The van der Waals surface area contributed by atoms with Crippen molar-refractivity contribution in [3.05, 3.63) is 60.2 Å². The Balaban J connectivity index is 1.52. The number of amides is 1. The molecular weight excluding hydrogens is 342 g/mol. The molecule has 0 unspecified atom stereocenters. The number of hydrogen-bond acceptors (Lipinski definition) is 4. The van der Waals surface area contributed by atoms with Crippen molar-refractivity contribution in [1.29, 1.82) is 0 Å². The van der Waals surface area contributed by atoms with Crippen LogP contribution in [0.15, 0.2) is 54.6 Å². The van der Waals surface area contributed by atoms with E-state index in [1.807, 2.05) is 59.5 Å². The molecule has 0 atom stereocenters. The normalized spacial score (nSPS) is 14.9. The van der Waals surface area contributed by atoms with Gasteiger partial charge in [0.05, 0.1) is 13.2 Å². The summed E-state index contributed by atoms with van der Waals surface area (Å²) in [4.78, 5) is 14.8. The zero-order chi connectivity index (χ0) is 18.9. The number of carbonyl (C=O) groups excluding carboxylic acids is 1. The van der Waals surface area contributed by atoms with E-state index < -0.39 is 0 Å². The number of methoxy groups -OCH3 is 1. The average molecular weight is 369 g/mol. The second-order valence-corrected chi connectivity index (χ2v) is 6.75. The number of hydrogen-bond donors (Lipinski definition) is 0. The molecule has 2 aromatic rings. The molecule has 0 saturated carbocycles. The maximum Gasteiger partial charge on any atom is 0.253 e. The van der Waals surface area contributed by atoms with Crippen LogP contribution in [0.2, 0.25) is 0 Å². The quantitative estimate of drug-likeness (QED) is 0.660. The molecule has 0 radical (unpaired) electrons. The first kappa shape index (κ1) is 19.4. The molecule has 1 fully saturated rings. The van der Waals surface area contributed by atoms with Gasteiger partial charge in [-0.05, 0) is 49.1 Å². The summed E-state index contributed by atoms with van der Waals surface area (Å²) >= 11 is 0. The topological polar surface area (TPSA) is 48.0 Å². The van der Waals surface area contributed by atoms with E-state index >= 15 is 0 Å². The molecular formula is C22H27NO4. The van der Waals surface area contributed by atoms with E-state index in [4.69, 9.17) is 14.2 Å². The third kappa shape index (κ3) is 5.81. The number of ether oxygens (including phenoxy) is 3. The van der Waals surface area contributed by atoms with Crippen molar-refractivity contribution in [2.45, 2.75) is 12.8 Å². The van der Waals surface area contributed by atoms with Gasteiger partial charge in [-0.25, -0.2) is 0 Å². The molecule has 1 aliphatic heterocycles. The Labute approximate surface area is 160 Å². The molecule has 1 saturated heterocycles. The fourth-order valence-electron chi connectivity index (χ4n) is 3.19. The van der Waals surface area contributed by atoms with Gasteiger partial charge in [0, 0.05) is 32.4 Å². The summed E-state index contributed by atoms with van der Waals surface area (Å²) in [6.45, 7) is 3.52. The largest absolute Gasteiger partial charge is 0.457 e. The summed E-state index contributed by atoms with van der Waals surface area (Å²) in [7, 11) is 1.67. The lowest BCUT2D eigenvalue weighted by Gasteiger charge is -2.32. The van der Waals surface area contributed by atoms with Crippen LogP contribution in [0.1, 0.15) is 23.2 Å². The highest BCUT2D eigenvalue weighted by Gasteiger charge is 2.24. The Bertz CT molecular complexity index is 711. The van der Waals surface area contributed by atoms with Crippen LogP contribution < -0.4 is 4.74 Å². The molecule has 5 nitrogen and oxygen atoms in total.